The predicted octanol–water partition coefficient (Wildman–Crippen LogP) is 1.52. The van der Waals surface area contributed by atoms with Gasteiger partial charge < -0.3 is 0 Å². The number of hydrogen-bond acceptors (Lipinski definition) is 4. The highest BCUT2D eigenvalue weighted by molar-refractivity contribution is 7.92. The van der Waals surface area contributed by atoms with Crippen LogP contribution in [0, 0.1) is 10.1 Å². The zero-order valence-electron chi connectivity index (χ0n) is 9.07. The van der Waals surface area contributed by atoms with Crippen molar-refractivity contribution in [2.24, 2.45) is 0 Å². The van der Waals surface area contributed by atoms with Crippen LogP contribution in [0.3, 0.4) is 0 Å². The molecule has 1 aliphatic heterocycles. The van der Waals surface area contributed by atoms with Crippen molar-refractivity contribution in [2.45, 2.75) is 12.8 Å². The first-order valence-corrected chi connectivity index (χ1v) is 6.87. The van der Waals surface area contributed by atoms with Gasteiger partial charge in [0.2, 0.25) is 10.0 Å². The third kappa shape index (κ3) is 2.23. The fraction of sp³-hybridized carbons (Fsp3) is 0.400. The fourth-order valence-electron chi connectivity index (χ4n) is 1.89. The largest absolute Gasteiger partial charge is 0.293 e. The van der Waals surface area contributed by atoms with Gasteiger partial charge in [-0.2, -0.15) is 0 Å². The van der Waals surface area contributed by atoms with Crippen molar-refractivity contribution in [3.63, 3.8) is 0 Å². The molecule has 1 aromatic carbocycles. The lowest BCUT2D eigenvalue weighted by atomic mass is 10.2. The Hall–Kier alpha value is -1.63. The van der Waals surface area contributed by atoms with E-state index in [1.54, 1.807) is 6.07 Å². The third-order valence-corrected chi connectivity index (χ3v) is 4.55. The molecule has 0 saturated carbocycles. The van der Waals surface area contributed by atoms with Crippen molar-refractivity contribution in [2.75, 3.05) is 16.6 Å². The molecule has 2 rings (SSSR count). The summed E-state index contributed by atoms with van der Waals surface area (Å²) in [6, 6.07) is 5.92. The quantitative estimate of drug-likeness (QED) is 0.593. The first-order chi connectivity index (χ1) is 8.02. The van der Waals surface area contributed by atoms with E-state index in [9.17, 15) is 18.5 Å². The first-order valence-electron chi connectivity index (χ1n) is 5.26. The summed E-state index contributed by atoms with van der Waals surface area (Å²) in [4.78, 5) is 10.3. The second-order valence-electron chi connectivity index (χ2n) is 3.84. The molecule has 0 amide bonds. The number of nitro groups is 1. The Bertz CT molecular complexity index is 541. The molecule has 0 bridgehead atoms. The molecule has 1 heterocycles. The minimum atomic E-state index is -3.40. The van der Waals surface area contributed by atoms with Crippen molar-refractivity contribution in [3.05, 3.63) is 34.4 Å². The third-order valence-electron chi connectivity index (χ3n) is 2.70. The number of sulfonamides is 1. The molecule has 0 radical (unpaired) electrons. The summed E-state index contributed by atoms with van der Waals surface area (Å²) in [7, 11) is -3.40. The average Bonchev–Trinajstić information content (AvgIpc) is 2.28. The Morgan fingerprint density at radius 1 is 1.24 bits per heavy atom. The van der Waals surface area contributed by atoms with Gasteiger partial charge in [0.05, 0.1) is 10.7 Å². The monoisotopic (exact) mass is 256 g/mol. The minimum absolute atomic E-state index is 0.0546. The van der Waals surface area contributed by atoms with Crippen molar-refractivity contribution >= 4 is 21.4 Å². The van der Waals surface area contributed by atoms with Crippen molar-refractivity contribution in [1.29, 1.82) is 0 Å². The van der Waals surface area contributed by atoms with E-state index in [0.29, 0.717) is 13.0 Å². The van der Waals surface area contributed by atoms with Gasteiger partial charge in [-0.05, 0) is 18.9 Å². The number of rotatable bonds is 2. The molecule has 6 nitrogen and oxygen atoms in total. The molecule has 1 aliphatic rings. The molecular formula is C10H12N2O4S. The maximum absolute atomic E-state index is 11.9. The Labute approximate surface area is 99.1 Å². The molecule has 1 fully saturated rings. The predicted molar refractivity (Wildman–Crippen MR) is 63.5 cm³/mol. The Kier molecular flexibility index (Phi) is 3.01. The summed E-state index contributed by atoms with van der Waals surface area (Å²) in [5.74, 6) is 0.0546. The van der Waals surface area contributed by atoms with Crippen LogP contribution in [-0.4, -0.2) is 25.6 Å². The highest BCUT2D eigenvalue weighted by Crippen LogP contribution is 2.31. The maximum atomic E-state index is 11.9. The summed E-state index contributed by atoms with van der Waals surface area (Å²) in [5, 5.41) is 10.9. The number of hydrogen-bond donors (Lipinski definition) is 0. The normalized spacial score (nSPS) is 18.9. The second-order valence-corrected chi connectivity index (χ2v) is 5.85. The molecule has 7 heteroatoms. The van der Waals surface area contributed by atoms with E-state index in [4.69, 9.17) is 0 Å². The van der Waals surface area contributed by atoms with Crippen molar-refractivity contribution in [3.8, 4) is 0 Å². The van der Waals surface area contributed by atoms with Gasteiger partial charge in [0.1, 0.15) is 5.69 Å². The Morgan fingerprint density at radius 2 is 1.94 bits per heavy atom. The van der Waals surface area contributed by atoms with Gasteiger partial charge in [0.15, 0.2) is 0 Å². The van der Waals surface area contributed by atoms with Crippen LogP contribution in [0.15, 0.2) is 24.3 Å². The first kappa shape index (κ1) is 11.8. The standard InChI is InChI=1S/C10H12N2O4S/c13-12(14)10-6-2-1-5-9(10)11-7-3-4-8-17(11,15)16/h1-2,5-6H,3-4,7-8H2. The summed E-state index contributed by atoms with van der Waals surface area (Å²) in [6.07, 6.45) is 1.34. The van der Waals surface area contributed by atoms with Gasteiger partial charge in [0.25, 0.3) is 5.69 Å². The zero-order valence-corrected chi connectivity index (χ0v) is 9.89. The van der Waals surface area contributed by atoms with E-state index in [1.165, 1.54) is 18.2 Å². The lowest BCUT2D eigenvalue weighted by molar-refractivity contribution is -0.384. The van der Waals surface area contributed by atoms with Crippen LogP contribution < -0.4 is 4.31 Å². The van der Waals surface area contributed by atoms with Gasteiger partial charge in [-0.15, -0.1) is 0 Å². The SMILES string of the molecule is O=[N+]([O-])c1ccccc1N1CCCCS1(=O)=O. The molecule has 92 valence electrons. The zero-order chi connectivity index (χ0) is 12.5. The smallest absolute Gasteiger partial charge is 0.263 e. The van der Waals surface area contributed by atoms with E-state index in [-0.39, 0.29) is 17.1 Å². The average molecular weight is 256 g/mol. The van der Waals surface area contributed by atoms with Crippen LogP contribution in [0.5, 0.6) is 0 Å². The molecule has 0 unspecified atom stereocenters. The lowest BCUT2D eigenvalue weighted by Crippen LogP contribution is -2.38. The number of para-hydroxylation sites is 2. The van der Waals surface area contributed by atoms with Gasteiger partial charge in [-0.3, -0.25) is 14.4 Å². The van der Waals surface area contributed by atoms with Gasteiger partial charge in [0, 0.05) is 12.6 Å². The van der Waals surface area contributed by atoms with E-state index in [2.05, 4.69) is 0 Å². The molecular weight excluding hydrogens is 244 g/mol. The molecule has 1 aromatic rings. The van der Waals surface area contributed by atoms with E-state index in [1.807, 2.05) is 0 Å². The topological polar surface area (TPSA) is 80.5 Å². The van der Waals surface area contributed by atoms with Gasteiger partial charge >= 0.3 is 0 Å². The van der Waals surface area contributed by atoms with E-state index >= 15 is 0 Å². The highest BCUT2D eigenvalue weighted by Gasteiger charge is 2.30. The van der Waals surface area contributed by atoms with Crippen LogP contribution in [0.4, 0.5) is 11.4 Å². The van der Waals surface area contributed by atoms with Crippen LogP contribution >= 0.6 is 0 Å². The summed E-state index contributed by atoms with van der Waals surface area (Å²) in [6.45, 7) is 0.313. The summed E-state index contributed by atoms with van der Waals surface area (Å²) < 4.78 is 24.9. The van der Waals surface area contributed by atoms with Crippen molar-refractivity contribution < 1.29 is 13.3 Å². The molecule has 0 aliphatic carbocycles. The van der Waals surface area contributed by atoms with Gasteiger partial charge in [-0.25, -0.2) is 8.42 Å². The molecule has 17 heavy (non-hydrogen) atoms. The Morgan fingerprint density at radius 3 is 2.59 bits per heavy atom. The summed E-state index contributed by atoms with van der Waals surface area (Å²) >= 11 is 0. The molecule has 0 atom stereocenters. The molecule has 0 aromatic heterocycles. The number of anilines is 1. The van der Waals surface area contributed by atoms with Gasteiger partial charge in [-0.1, -0.05) is 12.1 Å². The van der Waals surface area contributed by atoms with Crippen LogP contribution in [0.1, 0.15) is 12.8 Å². The number of benzene rings is 1. The van der Waals surface area contributed by atoms with E-state index in [0.717, 1.165) is 10.7 Å². The maximum Gasteiger partial charge on any atom is 0.293 e. The van der Waals surface area contributed by atoms with Crippen molar-refractivity contribution in [1.82, 2.24) is 0 Å². The lowest BCUT2D eigenvalue weighted by Gasteiger charge is -2.27. The molecule has 1 saturated heterocycles. The number of nitro benzene ring substituents is 1. The summed E-state index contributed by atoms with van der Waals surface area (Å²) in [5.41, 5.74) is -0.00447. The highest BCUT2D eigenvalue weighted by atomic mass is 32.2. The second kappa shape index (κ2) is 4.33. The van der Waals surface area contributed by atoms with Crippen LogP contribution in [0.25, 0.3) is 0 Å². The Balaban J connectivity index is 2.49. The number of nitrogens with zero attached hydrogens (tertiary/aromatic N) is 2. The molecule has 0 N–H and O–H groups in total. The molecule has 0 spiro atoms. The minimum Gasteiger partial charge on any atom is -0.263 e. The van der Waals surface area contributed by atoms with Crippen LogP contribution in [-0.2, 0) is 10.0 Å². The van der Waals surface area contributed by atoms with Crippen LogP contribution in [0.2, 0.25) is 0 Å². The van der Waals surface area contributed by atoms with E-state index < -0.39 is 14.9 Å². The fourth-order valence-corrected chi connectivity index (χ4v) is 3.54.